The summed E-state index contributed by atoms with van der Waals surface area (Å²) in [5.74, 6) is 0.140. The molecular weight excluding hydrogens is 212 g/mol. The summed E-state index contributed by atoms with van der Waals surface area (Å²) in [6.07, 6.45) is 0.676. The van der Waals surface area contributed by atoms with Crippen LogP contribution in [0.25, 0.3) is 0 Å². The molecule has 0 saturated carbocycles. The molecule has 1 unspecified atom stereocenters. The van der Waals surface area contributed by atoms with Crippen LogP contribution in [-0.2, 0) is 0 Å². The van der Waals surface area contributed by atoms with Crippen LogP contribution < -0.4 is 10.5 Å². The Kier molecular flexibility index (Phi) is 4.43. The molecule has 1 atom stereocenters. The molecule has 1 rings (SSSR count). The lowest BCUT2D eigenvalue weighted by molar-refractivity contribution is -0.0498. The van der Waals surface area contributed by atoms with E-state index in [0.29, 0.717) is 6.42 Å². The molecule has 0 amide bonds. The number of ether oxygens (including phenoxy) is 1. The molecule has 0 heterocycles. The van der Waals surface area contributed by atoms with Gasteiger partial charge in [-0.2, -0.15) is 8.78 Å². The molecule has 0 radical (unpaired) electrons. The minimum atomic E-state index is -2.80. The van der Waals surface area contributed by atoms with Crippen LogP contribution in [0.4, 0.5) is 8.78 Å². The van der Waals surface area contributed by atoms with Crippen molar-refractivity contribution in [3.8, 4) is 5.75 Å². The maximum atomic E-state index is 11.9. The van der Waals surface area contributed by atoms with Crippen molar-refractivity contribution in [3.63, 3.8) is 0 Å². The van der Waals surface area contributed by atoms with Gasteiger partial charge in [0.15, 0.2) is 0 Å². The molecule has 2 nitrogen and oxygen atoms in total. The molecule has 4 heteroatoms. The summed E-state index contributed by atoms with van der Waals surface area (Å²) in [6, 6.07) is 6.19. The Balaban J connectivity index is 2.66. The fourth-order valence-electron chi connectivity index (χ4n) is 1.39. The molecule has 1 aromatic rings. The summed E-state index contributed by atoms with van der Waals surface area (Å²) < 4.78 is 28.0. The molecule has 0 aliphatic rings. The van der Waals surface area contributed by atoms with E-state index >= 15 is 0 Å². The summed E-state index contributed by atoms with van der Waals surface area (Å²) in [6.45, 7) is 2.87. The summed E-state index contributed by atoms with van der Waals surface area (Å²) in [7, 11) is 0. The predicted molar refractivity (Wildman–Crippen MR) is 59.4 cm³/mol. The molecule has 0 aliphatic heterocycles. The first-order valence-corrected chi connectivity index (χ1v) is 4.93. The molecule has 0 bridgehead atoms. The van der Waals surface area contributed by atoms with Crippen LogP contribution in [0.15, 0.2) is 36.4 Å². The maximum absolute atomic E-state index is 11.9. The van der Waals surface area contributed by atoms with E-state index in [0.717, 1.165) is 11.1 Å². The highest BCUT2D eigenvalue weighted by molar-refractivity contribution is 5.29. The van der Waals surface area contributed by atoms with Gasteiger partial charge in [0.1, 0.15) is 5.75 Å². The normalized spacial score (nSPS) is 12.6. The monoisotopic (exact) mass is 227 g/mol. The molecule has 16 heavy (non-hydrogen) atoms. The SMILES string of the molecule is C=C(C)CC(N)c1ccc(OC(F)F)cc1. The second kappa shape index (κ2) is 5.61. The van der Waals surface area contributed by atoms with Crippen molar-refractivity contribution in [3.05, 3.63) is 42.0 Å². The van der Waals surface area contributed by atoms with E-state index in [4.69, 9.17) is 5.73 Å². The first-order valence-electron chi connectivity index (χ1n) is 4.93. The topological polar surface area (TPSA) is 35.2 Å². The van der Waals surface area contributed by atoms with Crippen LogP contribution in [0, 0.1) is 0 Å². The third kappa shape index (κ3) is 3.98. The highest BCUT2D eigenvalue weighted by atomic mass is 19.3. The van der Waals surface area contributed by atoms with E-state index in [1.54, 1.807) is 12.1 Å². The maximum Gasteiger partial charge on any atom is 0.387 e. The molecule has 0 saturated heterocycles. The van der Waals surface area contributed by atoms with Crippen LogP contribution in [0.5, 0.6) is 5.75 Å². The first kappa shape index (κ1) is 12.6. The number of halogens is 2. The molecule has 0 spiro atoms. The smallest absolute Gasteiger partial charge is 0.387 e. The molecule has 0 aliphatic carbocycles. The van der Waals surface area contributed by atoms with Crippen molar-refractivity contribution in [1.82, 2.24) is 0 Å². The van der Waals surface area contributed by atoms with Gasteiger partial charge in [0.25, 0.3) is 0 Å². The summed E-state index contributed by atoms with van der Waals surface area (Å²) in [4.78, 5) is 0. The quantitative estimate of drug-likeness (QED) is 0.783. The molecular formula is C12H15F2NO. The first-order chi connectivity index (χ1) is 7.49. The van der Waals surface area contributed by atoms with Crippen LogP contribution in [0.2, 0.25) is 0 Å². The zero-order valence-electron chi connectivity index (χ0n) is 9.12. The Bertz CT molecular complexity index is 349. The van der Waals surface area contributed by atoms with E-state index in [9.17, 15) is 8.78 Å². The van der Waals surface area contributed by atoms with Crippen molar-refractivity contribution in [2.45, 2.75) is 26.0 Å². The van der Waals surface area contributed by atoms with Gasteiger partial charge in [-0.15, -0.1) is 6.58 Å². The molecule has 0 fully saturated rings. The highest BCUT2D eigenvalue weighted by Crippen LogP contribution is 2.21. The Morgan fingerprint density at radius 1 is 1.38 bits per heavy atom. The lowest BCUT2D eigenvalue weighted by Crippen LogP contribution is -2.10. The number of alkyl halides is 2. The number of hydrogen-bond acceptors (Lipinski definition) is 2. The number of rotatable bonds is 5. The molecule has 0 aromatic heterocycles. The van der Waals surface area contributed by atoms with Crippen LogP contribution >= 0.6 is 0 Å². The average molecular weight is 227 g/mol. The van der Waals surface area contributed by atoms with Gasteiger partial charge in [0.05, 0.1) is 0 Å². The van der Waals surface area contributed by atoms with E-state index in [2.05, 4.69) is 11.3 Å². The fraction of sp³-hybridized carbons (Fsp3) is 0.333. The second-order valence-corrected chi connectivity index (χ2v) is 3.72. The predicted octanol–water partition coefficient (Wildman–Crippen LogP) is 3.25. The minimum Gasteiger partial charge on any atom is -0.435 e. The van der Waals surface area contributed by atoms with Gasteiger partial charge in [-0.25, -0.2) is 0 Å². The minimum absolute atomic E-state index is 0.140. The van der Waals surface area contributed by atoms with Crippen molar-refractivity contribution in [2.24, 2.45) is 5.73 Å². The third-order valence-electron chi connectivity index (χ3n) is 2.10. The summed E-state index contributed by atoms with van der Waals surface area (Å²) in [5, 5.41) is 0. The average Bonchev–Trinajstić information content (AvgIpc) is 2.16. The van der Waals surface area contributed by atoms with E-state index in [1.807, 2.05) is 6.92 Å². The largest absolute Gasteiger partial charge is 0.435 e. The Hall–Kier alpha value is -1.42. The standard InChI is InChI=1S/C12H15F2NO/c1-8(2)7-11(15)9-3-5-10(6-4-9)16-12(13)14/h3-6,11-12H,1,7,15H2,2H3. The van der Waals surface area contributed by atoms with Crippen molar-refractivity contribution in [1.29, 1.82) is 0 Å². The van der Waals surface area contributed by atoms with Crippen LogP contribution in [0.3, 0.4) is 0 Å². The van der Waals surface area contributed by atoms with Crippen molar-refractivity contribution in [2.75, 3.05) is 0 Å². The van der Waals surface area contributed by atoms with Crippen LogP contribution in [-0.4, -0.2) is 6.61 Å². The zero-order valence-corrected chi connectivity index (χ0v) is 9.12. The zero-order chi connectivity index (χ0) is 12.1. The van der Waals surface area contributed by atoms with Gasteiger partial charge in [0, 0.05) is 6.04 Å². The summed E-state index contributed by atoms with van der Waals surface area (Å²) in [5.41, 5.74) is 7.76. The van der Waals surface area contributed by atoms with Gasteiger partial charge in [-0.3, -0.25) is 0 Å². The molecule has 1 aromatic carbocycles. The fourth-order valence-corrected chi connectivity index (χ4v) is 1.39. The Labute approximate surface area is 93.7 Å². The molecule has 2 N–H and O–H groups in total. The number of benzene rings is 1. The van der Waals surface area contributed by atoms with E-state index < -0.39 is 6.61 Å². The van der Waals surface area contributed by atoms with E-state index in [1.165, 1.54) is 12.1 Å². The second-order valence-electron chi connectivity index (χ2n) is 3.72. The molecule has 88 valence electrons. The number of nitrogens with two attached hydrogens (primary N) is 1. The van der Waals surface area contributed by atoms with Gasteiger partial charge < -0.3 is 10.5 Å². The van der Waals surface area contributed by atoms with Gasteiger partial charge in [-0.05, 0) is 31.0 Å². The Morgan fingerprint density at radius 3 is 2.38 bits per heavy atom. The number of hydrogen-bond donors (Lipinski definition) is 1. The van der Waals surface area contributed by atoms with Crippen LogP contribution in [0.1, 0.15) is 24.9 Å². The third-order valence-corrected chi connectivity index (χ3v) is 2.10. The van der Waals surface area contributed by atoms with Gasteiger partial charge >= 0.3 is 6.61 Å². The van der Waals surface area contributed by atoms with Gasteiger partial charge in [0.2, 0.25) is 0 Å². The van der Waals surface area contributed by atoms with Gasteiger partial charge in [-0.1, -0.05) is 17.7 Å². The van der Waals surface area contributed by atoms with E-state index in [-0.39, 0.29) is 11.8 Å². The highest BCUT2D eigenvalue weighted by Gasteiger charge is 2.08. The summed E-state index contributed by atoms with van der Waals surface area (Å²) >= 11 is 0. The lowest BCUT2D eigenvalue weighted by Gasteiger charge is -2.12. The Morgan fingerprint density at radius 2 is 1.94 bits per heavy atom. The lowest BCUT2D eigenvalue weighted by atomic mass is 10.0. The van der Waals surface area contributed by atoms with Crippen molar-refractivity contribution >= 4 is 0 Å². The van der Waals surface area contributed by atoms with Crippen molar-refractivity contribution < 1.29 is 13.5 Å².